The Hall–Kier alpha value is -2.32. The van der Waals surface area contributed by atoms with Crippen LogP contribution in [0.5, 0.6) is 0 Å². The molecular weight excluding hydrogens is 525 g/mol. The quantitative estimate of drug-likeness (QED) is 0.439. The van der Waals surface area contributed by atoms with Crippen LogP contribution in [0.25, 0.3) is 22.1 Å². The lowest BCUT2D eigenvalue weighted by atomic mass is 10.2. The summed E-state index contributed by atoms with van der Waals surface area (Å²) in [5.41, 5.74) is -0.944. The van der Waals surface area contributed by atoms with Gasteiger partial charge in [0.25, 0.3) is 0 Å². The number of alkyl halides is 3. The van der Waals surface area contributed by atoms with Gasteiger partial charge in [-0.25, -0.2) is 18.1 Å². The Morgan fingerprint density at radius 2 is 2.03 bits per heavy atom. The minimum Gasteiger partial charge on any atom is -0.465 e. The Bertz CT molecular complexity index is 1240. The number of carbonyl (C=O) groups is 1. The van der Waals surface area contributed by atoms with Crippen molar-refractivity contribution in [1.82, 2.24) is 19.1 Å². The maximum atomic E-state index is 13.4. The summed E-state index contributed by atoms with van der Waals surface area (Å²) in [7, 11) is -3.47. The van der Waals surface area contributed by atoms with Crippen LogP contribution < -0.4 is 0 Å². The third-order valence-corrected chi connectivity index (χ3v) is 6.48. The standard InChI is InChI=1S/C17H14BrF3N4O4S2/c1-3-29-11(26)8-25-13(12(18)14(23-25)17(19,20)21)16-22-15(24-30-16)9-5-4-6-10(7-9)31(2,27)28/h4-7H,3,8H2,1-2H3. The fourth-order valence-corrected chi connectivity index (χ4v) is 4.81. The van der Waals surface area contributed by atoms with E-state index >= 15 is 0 Å². The summed E-state index contributed by atoms with van der Waals surface area (Å²) < 4.78 is 73.0. The fourth-order valence-electron chi connectivity index (χ4n) is 2.57. The summed E-state index contributed by atoms with van der Waals surface area (Å²) >= 11 is 3.69. The fraction of sp³-hybridized carbons (Fsp3) is 0.294. The molecule has 8 nitrogen and oxygen atoms in total. The molecule has 166 valence electrons. The van der Waals surface area contributed by atoms with E-state index in [9.17, 15) is 26.4 Å². The first kappa shape index (κ1) is 23.3. The molecule has 31 heavy (non-hydrogen) atoms. The van der Waals surface area contributed by atoms with Crippen LogP contribution in [-0.4, -0.2) is 46.4 Å². The molecule has 0 unspecified atom stereocenters. The molecule has 0 fully saturated rings. The molecule has 0 aliphatic carbocycles. The first-order chi connectivity index (χ1) is 14.4. The molecule has 0 radical (unpaired) electrons. The van der Waals surface area contributed by atoms with Crippen LogP contribution in [0.2, 0.25) is 0 Å². The number of ether oxygens (including phenoxy) is 1. The highest BCUT2D eigenvalue weighted by Gasteiger charge is 2.39. The molecule has 3 rings (SSSR count). The molecule has 0 aliphatic rings. The number of benzene rings is 1. The van der Waals surface area contributed by atoms with Gasteiger partial charge in [-0.2, -0.15) is 22.6 Å². The molecule has 2 aromatic heterocycles. The third kappa shape index (κ3) is 5.13. The number of nitrogens with zero attached hydrogens (tertiary/aromatic N) is 4. The van der Waals surface area contributed by atoms with Crippen LogP contribution in [0.1, 0.15) is 12.6 Å². The van der Waals surface area contributed by atoms with Gasteiger partial charge in [0.05, 0.1) is 16.0 Å². The molecule has 0 saturated heterocycles. The van der Waals surface area contributed by atoms with Crippen molar-refractivity contribution >= 4 is 43.3 Å². The number of aromatic nitrogens is 4. The van der Waals surface area contributed by atoms with E-state index in [1.165, 1.54) is 18.2 Å². The van der Waals surface area contributed by atoms with E-state index in [2.05, 4.69) is 30.4 Å². The predicted molar refractivity (Wildman–Crippen MR) is 109 cm³/mol. The summed E-state index contributed by atoms with van der Waals surface area (Å²) in [4.78, 5) is 16.2. The van der Waals surface area contributed by atoms with Gasteiger partial charge in [-0.05, 0) is 46.5 Å². The predicted octanol–water partition coefficient (Wildman–Crippen LogP) is 3.82. The number of hydrogen-bond donors (Lipinski definition) is 0. The van der Waals surface area contributed by atoms with Crippen molar-refractivity contribution in [3.8, 4) is 22.1 Å². The molecule has 0 saturated carbocycles. The number of halogens is 4. The van der Waals surface area contributed by atoms with Crippen LogP contribution in [0.4, 0.5) is 13.2 Å². The molecule has 0 N–H and O–H groups in total. The summed E-state index contributed by atoms with van der Waals surface area (Å²) in [6, 6.07) is 5.86. The maximum absolute atomic E-state index is 13.4. The van der Waals surface area contributed by atoms with E-state index < -0.39 is 38.7 Å². The third-order valence-electron chi connectivity index (χ3n) is 3.90. The summed E-state index contributed by atoms with van der Waals surface area (Å²) in [5.74, 6) is -0.645. The van der Waals surface area contributed by atoms with E-state index in [1.807, 2.05) is 0 Å². The smallest absolute Gasteiger partial charge is 0.436 e. The van der Waals surface area contributed by atoms with E-state index in [0.717, 1.165) is 22.5 Å². The van der Waals surface area contributed by atoms with Crippen LogP contribution in [-0.2, 0) is 32.1 Å². The van der Waals surface area contributed by atoms with Crippen LogP contribution in [0.3, 0.4) is 0 Å². The molecule has 0 bridgehead atoms. The number of carbonyl (C=O) groups excluding carboxylic acids is 1. The van der Waals surface area contributed by atoms with Gasteiger partial charge in [0.15, 0.2) is 26.4 Å². The second-order valence-corrected chi connectivity index (χ2v) is 9.76. The highest BCUT2D eigenvalue weighted by atomic mass is 79.9. The first-order valence-corrected chi connectivity index (χ1v) is 12.0. The van der Waals surface area contributed by atoms with Gasteiger partial charge in [-0.3, -0.25) is 4.79 Å². The minimum absolute atomic E-state index is 0.0502. The van der Waals surface area contributed by atoms with E-state index in [1.54, 1.807) is 13.0 Å². The normalized spacial score (nSPS) is 12.2. The van der Waals surface area contributed by atoms with Gasteiger partial charge in [0.1, 0.15) is 12.2 Å². The molecule has 14 heteroatoms. The monoisotopic (exact) mass is 538 g/mol. The molecule has 2 heterocycles. The van der Waals surface area contributed by atoms with Crippen molar-refractivity contribution in [3.05, 3.63) is 34.4 Å². The van der Waals surface area contributed by atoms with Gasteiger partial charge >= 0.3 is 12.1 Å². The van der Waals surface area contributed by atoms with Crippen LogP contribution in [0.15, 0.2) is 33.6 Å². The van der Waals surface area contributed by atoms with Gasteiger partial charge in [0.2, 0.25) is 0 Å². The first-order valence-electron chi connectivity index (χ1n) is 8.55. The lowest BCUT2D eigenvalue weighted by Gasteiger charge is -2.05. The summed E-state index contributed by atoms with van der Waals surface area (Å²) in [5, 5.41) is 3.57. The Morgan fingerprint density at radius 1 is 1.32 bits per heavy atom. The van der Waals surface area contributed by atoms with Crippen LogP contribution >= 0.6 is 27.5 Å². The zero-order valence-corrected chi connectivity index (χ0v) is 19.2. The number of sulfone groups is 1. The SMILES string of the molecule is CCOC(=O)Cn1nc(C(F)(F)F)c(Br)c1-c1nc(-c2cccc(S(C)(=O)=O)c2)ns1. The van der Waals surface area contributed by atoms with Crippen LogP contribution in [0, 0.1) is 0 Å². The second-order valence-electron chi connectivity index (χ2n) is 6.19. The van der Waals surface area contributed by atoms with E-state index in [0.29, 0.717) is 5.56 Å². The number of hydrogen-bond acceptors (Lipinski definition) is 8. The van der Waals surface area contributed by atoms with Crippen molar-refractivity contribution in [1.29, 1.82) is 0 Å². The van der Waals surface area contributed by atoms with Crippen molar-refractivity contribution < 1.29 is 31.1 Å². The Balaban J connectivity index is 2.08. The van der Waals surface area contributed by atoms with Gasteiger partial charge in [-0.15, -0.1) is 0 Å². The molecule has 3 aromatic rings. The molecule has 0 spiro atoms. The van der Waals surface area contributed by atoms with Crippen molar-refractivity contribution in [3.63, 3.8) is 0 Å². The largest absolute Gasteiger partial charge is 0.465 e. The van der Waals surface area contributed by atoms with Gasteiger partial charge in [0, 0.05) is 11.8 Å². The minimum atomic E-state index is -4.77. The van der Waals surface area contributed by atoms with Gasteiger partial charge < -0.3 is 4.74 Å². The van der Waals surface area contributed by atoms with E-state index in [4.69, 9.17) is 4.74 Å². The van der Waals surface area contributed by atoms with Crippen molar-refractivity contribution in [2.24, 2.45) is 0 Å². The highest BCUT2D eigenvalue weighted by molar-refractivity contribution is 9.10. The molecule has 0 aliphatic heterocycles. The average molecular weight is 539 g/mol. The lowest BCUT2D eigenvalue weighted by molar-refractivity contribution is -0.146. The number of rotatable bonds is 6. The Labute approximate surface area is 187 Å². The molecule has 0 atom stereocenters. The summed E-state index contributed by atoms with van der Waals surface area (Å²) in [6.07, 6.45) is -3.72. The van der Waals surface area contributed by atoms with E-state index in [-0.39, 0.29) is 28.0 Å². The Kier molecular flexibility index (Phi) is 6.53. The van der Waals surface area contributed by atoms with Crippen molar-refractivity contribution in [2.75, 3.05) is 12.9 Å². The Morgan fingerprint density at radius 3 is 2.65 bits per heavy atom. The topological polar surface area (TPSA) is 104 Å². The molecule has 1 aromatic carbocycles. The number of esters is 1. The average Bonchev–Trinajstić information content (AvgIpc) is 3.25. The zero-order chi connectivity index (χ0) is 23.0. The second kappa shape index (κ2) is 8.67. The zero-order valence-electron chi connectivity index (χ0n) is 16.0. The summed E-state index contributed by atoms with van der Waals surface area (Å²) in [6.45, 7) is 1.07. The van der Waals surface area contributed by atoms with Crippen molar-refractivity contribution in [2.45, 2.75) is 24.5 Å². The molecule has 0 amide bonds. The lowest BCUT2D eigenvalue weighted by Crippen LogP contribution is -2.16. The highest BCUT2D eigenvalue weighted by Crippen LogP contribution is 2.40. The van der Waals surface area contributed by atoms with Gasteiger partial charge in [-0.1, -0.05) is 12.1 Å². The maximum Gasteiger partial charge on any atom is 0.436 e. The molecular formula is C17H14BrF3N4O4S2.